The minimum absolute atomic E-state index is 0.111. The molecule has 0 unspecified atom stereocenters. The van der Waals surface area contributed by atoms with E-state index in [4.69, 9.17) is 4.74 Å². The van der Waals surface area contributed by atoms with E-state index in [0.29, 0.717) is 39.5 Å². The standard InChI is InChI=1S/C28H27N3O5S/c1-3-36-21-13-11-20(12-14-21)31-26(34)25-22-9-4-5-10-23(22)37-27(25)30(28(31)35)16-24(33)29-19-8-6-7-18(15-19)17(2)32/h6-8,11-15H,3-5,9-10,16H2,1-2H3,(H,29,33). The molecule has 0 atom stereocenters. The number of fused-ring (bicyclic) bond motifs is 3. The molecule has 5 rings (SSSR count). The van der Waals surface area contributed by atoms with Crippen LogP contribution < -0.4 is 21.3 Å². The van der Waals surface area contributed by atoms with E-state index in [-0.39, 0.29) is 17.9 Å². The predicted molar refractivity (Wildman–Crippen MR) is 145 cm³/mol. The Morgan fingerprint density at radius 3 is 2.54 bits per heavy atom. The Morgan fingerprint density at radius 2 is 1.81 bits per heavy atom. The van der Waals surface area contributed by atoms with Crippen molar-refractivity contribution < 1.29 is 14.3 Å². The molecule has 4 aromatic rings. The Kier molecular flexibility index (Phi) is 6.80. The number of carbonyl (C=O) groups excluding carboxylic acids is 2. The minimum Gasteiger partial charge on any atom is -0.494 e. The molecule has 2 aromatic heterocycles. The number of aryl methyl sites for hydroxylation is 2. The fourth-order valence-electron chi connectivity index (χ4n) is 4.75. The third kappa shape index (κ3) is 4.74. The van der Waals surface area contributed by atoms with E-state index in [1.165, 1.54) is 22.8 Å². The summed E-state index contributed by atoms with van der Waals surface area (Å²) in [5.74, 6) is 0.105. The zero-order chi connectivity index (χ0) is 26.1. The summed E-state index contributed by atoms with van der Waals surface area (Å²) in [5.41, 5.74) is 1.40. The van der Waals surface area contributed by atoms with Gasteiger partial charge in [0.25, 0.3) is 5.56 Å². The van der Waals surface area contributed by atoms with E-state index in [1.807, 2.05) is 6.92 Å². The van der Waals surface area contributed by atoms with Crippen molar-refractivity contribution in [2.24, 2.45) is 0 Å². The van der Waals surface area contributed by atoms with Gasteiger partial charge in [-0.3, -0.25) is 19.0 Å². The zero-order valence-electron chi connectivity index (χ0n) is 20.7. The van der Waals surface area contributed by atoms with E-state index in [1.54, 1.807) is 48.5 Å². The third-order valence-corrected chi connectivity index (χ3v) is 7.81. The second-order valence-electron chi connectivity index (χ2n) is 9.01. The van der Waals surface area contributed by atoms with Crippen molar-refractivity contribution in [2.75, 3.05) is 11.9 Å². The van der Waals surface area contributed by atoms with Gasteiger partial charge in [-0.05, 0) is 81.5 Å². The summed E-state index contributed by atoms with van der Waals surface area (Å²) >= 11 is 1.43. The fourth-order valence-corrected chi connectivity index (χ4v) is 6.13. The van der Waals surface area contributed by atoms with Crippen LogP contribution in [0, 0.1) is 0 Å². The summed E-state index contributed by atoms with van der Waals surface area (Å²) in [4.78, 5) is 53.9. The molecular weight excluding hydrogens is 490 g/mol. The van der Waals surface area contributed by atoms with Crippen molar-refractivity contribution in [1.29, 1.82) is 0 Å². The van der Waals surface area contributed by atoms with Crippen LogP contribution in [-0.4, -0.2) is 27.4 Å². The lowest BCUT2D eigenvalue weighted by atomic mass is 9.97. The Hall–Kier alpha value is -3.98. The van der Waals surface area contributed by atoms with Gasteiger partial charge in [0.2, 0.25) is 5.91 Å². The number of benzene rings is 2. The highest BCUT2D eigenvalue weighted by Crippen LogP contribution is 2.34. The van der Waals surface area contributed by atoms with Gasteiger partial charge in [0.15, 0.2) is 5.78 Å². The highest BCUT2D eigenvalue weighted by atomic mass is 32.1. The Labute approximate surface area is 217 Å². The molecule has 1 aliphatic carbocycles. The van der Waals surface area contributed by atoms with Gasteiger partial charge in [-0.25, -0.2) is 9.36 Å². The molecule has 2 heterocycles. The summed E-state index contributed by atoms with van der Waals surface area (Å²) in [7, 11) is 0. The summed E-state index contributed by atoms with van der Waals surface area (Å²) in [6.07, 6.45) is 3.64. The van der Waals surface area contributed by atoms with Crippen LogP contribution in [0.1, 0.15) is 47.5 Å². The van der Waals surface area contributed by atoms with Gasteiger partial charge in [0.05, 0.1) is 17.7 Å². The second-order valence-corrected chi connectivity index (χ2v) is 10.1. The van der Waals surface area contributed by atoms with Crippen LogP contribution in [0.15, 0.2) is 58.1 Å². The normalized spacial score (nSPS) is 12.8. The molecular formula is C28H27N3O5S. The van der Waals surface area contributed by atoms with Crippen LogP contribution in [0.2, 0.25) is 0 Å². The molecule has 0 saturated carbocycles. The topological polar surface area (TPSA) is 99.4 Å². The van der Waals surface area contributed by atoms with Crippen LogP contribution in [0.4, 0.5) is 5.69 Å². The van der Waals surface area contributed by atoms with E-state index in [0.717, 1.165) is 40.7 Å². The Morgan fingerprint density at radius 1 is 1.05 bits per heavy atom. The van der Waals surface area contributed by atoms with Crippen molar-refractivity contribution >= 4 is 38.9 Å². The number of nitrogens with zero attached hydrogens (tertiary/aromatic N) is 2. The lowest BCUT2D eigenvalue weighted by Crippen LogP contribution is -2.40. The highest BCUT2D eigenvalue weighted by molar-refractivity contribution is 7.18. The molecule has 190 valence electrons. The molecule has 0 spiro atoms. The molecule has 1 aliphatic rings. The SMILES string of the molecule is CCOc1ccc(-n2c(=O)c3c4c(sc3n(CC(=O)Nc3cccc(C(C)=O)c3)c2=O)CCCC4)cc1. The van der Waals surface area contributed by atoms with E-state index < -0.39 is 11.6 Å². The van der Waals surface area contributed by atoms with Crippen LogP contribution in [0.25, 0.3) is 15.9 Å². The highest BCUT2D eigenvalue weighted by Gasteiger charge is 2.25. The lowest BCUT2D eigenvalue weighted by Gasteiger charge is -2.14. The van der Waals surface area contributed by atoms with Gasteiger partial charge in [-0.2, -0.15) is 0 Å². The minimum atomic E-state index is -0.576. The van der Waals surface area contributed by atoms with Crippen LogP contribution in [-0.2, 0) is 24.2 Å². The van der Waals surface area contributed by atoms with Gasteiger partial charge in [0, 0.05) is 16.1 Å². The number of Topliss-reactive ketones (excluding diaryl/α,β-unsaturated/α-hetero) is 1. The maximum atomic E-state index is 13.7. The average molecular weight is 518 g/mol. The number of nitrogens with one attached hydrogen (secondary N) is 1. The van der Waals surface area contributed by atoms with Crippen molar-refractivity contribution in [3.63, 3.8) is 0 Å². The molecule has 9 heteroatoms. The third-order valence-electron chi connectivity index (χ3n) is 6.50. The molecule has 37 heavy (non-hydrogen) atoms. The Balaban J connectivity index is 1.61. The lowest BCUT2D eigenvalue weighted by molar-refractivity contribution is -0.116. The first-order valence-corrected chi connectivity index (χ1v) is 13.1. The van der Waals surface area contributed by atoms with E-state index in [2.05, 4.69) is 5.32 Å². The maximum Gasteiger partial charge on any atom is 0.337 e. The molecule has 0 radical (unpaired) electrons. The van der Waals surface area contributed by atoms with Crippen molar-refractivity contribution in [3.8, 4) is 11.4 Å². The number of anilines is 1. The molecule has 0 saturated heterocycles. The number of amides is 1. The molecule has 0 fully saturated rings. The number of carbonyl (C=O) groups is 2. The number of hydrogen-bond donors (Lipinski definition) is 1. The smallest absolute Gasteiger partial charge is 0.337 e. The van der Waals surface area contributed by atoms with Crippen molar-refractivity contribution in [2.45, 2.75) is 46.1 Å². The van der Waals surface area contributed by atoms with Crippen molar-refractivity contribution in [1.82, 2.24) is 9.13 Å². The summed E-state index contributed by atoms with van der Waals surface area (Å²) in [6.45, 7) is 3.58. The van der Waals surface area contributed by atoms with Gasteiger partial charge < -0.3 is 10.1 Å². The molecule has 1 amide bonds. The van der Waals surface area contributed by atoms with Crippen LogP contribution >= 0.6 is 11.3 Å². The molecule has 0 bridgehead atoms. The van der Waals surface area contributed by atoms with Gasteiger partial charge in [-0.15, -0.1) is 11.3 Å². The first-order valence-electron chi connectivity index (χ1n) is 12.3. The van der Waals surface area contributed by atoms with Gasteiger partial charge >= 0.3 is 5.69 Å². The van der Waals surface area contributed by atoms with E-state index >= 15 is 0 Å². The van der Waals surface area contributed by atoms with Crippen molar-refractivity contribution in [3.05, 3.63) is 85.4 Å². The van der Waals surface area contributed by atoms with E-state index in [9.17, 15) is 19.2 Å². The number of thiophene rings is 1. The monoisotopic (exact) mass is 517 g/mol. The zero-order valence-corrected chi connectivity index (χ0v) is 21.5. The number of rotatable bonds is 7. The maximum absolute atomic E-state index is 13.7. The average Bonchev–Trinajstić information content (AvgIpc) is 3.28. The summed E-state index contributed by atoms with van der Waals surface area (Å²) < 4.78 is 8.03. The molecule has 0 aliphatic heterocycles. The summed E-state index contributed by atoms with van der Waals surface area (Å²) in [6, 6.07) is 13.4. The predicted octanol–water partition coefficient (Wildman–Crippen LogP) is 4.33. The van der Waals surface area contributed by atoms with Gasteiger partial charge in [-0.1, -0.05) is 12.1 Å². The first-order chi connectivity index (χ1) is 17.9. The van der Waals surface area contributed by atoms with Crippen LogP contribution in [0.5, 0.6) is 5.75 Å². The Bertz CT molecular complexity index is 1630. The summed E-state index contributed by atoms with van der Waals surface area (Å²) in [5, 5.41) is 3.30. The fraction of sp³-hybridized carbons (Fsp3) is 0.286. The quantitative estimate of drug-likeness (QED) is 0.368. The largest absolute Gasteiger partial charge is 0.494 e. The molecule has 8 nitrogen and oxygen atoms in total. The number of ketones is 1. The molecule has 1 N–H and O–H groups in total. The number of aromatic nitrogens is 2. The number of ether oxygens (including phenoxy) is 1. The van der Waals surface area contributed by atoms with Gasteiger partial charge in [0.1, 0.15) is 17.1 Å². The molecule has 2 aromatic carbocycles. The second kappa shape index (κ2) is 10.2. The first kappa shape index (κ1) is 24.7. The number of hydrogen-bond acceptors (Lipinski definition) is 6. The van der Waals surface area contributed by atoms with Crippen LogP contribution in [0.3, 0.4) is 0 Å².